The second kappa shape index (κ2) is 6.69. The summed E-state index contributed by atoms with van der Waals surface area (Å²) in [6.07, 6.45) is 1.80. The third kappa shape index (κ3) is 3.80. The maximum atomic E-state index is 12.5. The van der Waals surface area contributed by atoms with Gasteiger partial charge in [-0.15, -0.1) is 0 Å². The second-order valence-corrected chi connectivity index (χ2v) is 8.52. The topological polar surface area (TPSA) is 66.5 Å². The minimum atomic E-state index is -3.29. The number of fused-ring (bicyclic) bond motifs is 1. The Morgan fingerprint density at radius 3 is 2.52 bits per heavy atom. The Bertz CT molecular complexity index is 910. The van der Waals surface area contributed by atoms with Crippen LogP contribution in [0.5, 0.6) is 0 Å². The van der Waals surface area contributed by atoms with Gasteiger partial charge in [0, 0.05) is 17.1 Å². The molecule has 1 aliphatic rings. The maximum Gasteiger partial charge on any atom is 0.251 e. The Morgan fingerprint density at radius 1 is 1.20 bits per heavy atom. The van der Waals surface area contributed by atoms with E-state index in [1.54, 1.807) is 30.3 Å². The van der Waals surface area contributed by atoms with Gasteiger partial charge in [0.2, 0.25) is 10.0 Å². The van der Waals surface area contributed by atoms with E-state index in [-0.39, 0.29) is 11.9 Å². The number of nitrogens with one attached hydrogen (secondary N) is 1. The van der Waals surface area contributed by atoms with Gasteiger partial charge in [-0.05, 0) is 54.8 Å². The molecule has 0 fully saturated rings. The van der Waals surface area contributed by atoms with Gasteiger partial charge < -0.3 is 5.32 Å². The van der Waals surface area contributed by atoms with Crippen LogP contribution in [0, 0.1) is 0 Å². The smallest absolute Gasteiger partial charge is 0.251 e. The molecular formula is C18H19ClN2O3S. The average molecular weight is 379 g/mol. The predicted molar refractivity (Wildman–Crippen MR) is 99.7 cm³/mol. The first-order valence-electron chi connectivity index (χ1n) is 7.92. The Hall–Kier alpha value is -2.05. The van der Waals surface area contributed by atoms with E-state index in [1.807, 2.05) is 19.1 Å². The number of nitrogens with zero attached hydrogens (tertiary/aromatic N) is 1. The monoisotopic (exact) mass is 378 g/mol. The highest BCUT2D eigenvalue weighted by Gasteiger charge is 2.26. The number of hydrogen-bond donors (Lipinski definition) is 1. The fourth-order valence-corrected chi connectivity index (χ4v) is 4.06. The lowest BCUT2D eigenvalue weighted by molar-refractivity contribution is 0.0940. The van der Waals surface area contributed by atoms with Gasteiger partial charge in [0.1, 0.15) is 0 Å². The van der Waals surface area contributed by atoms with Gasteiger partial charge in [0.05, 0.1) is 18.0 Å². The molecule has 1 heterocycles. The van der Waals surface area contributed by atoms with Crippen molar-refractivity contribution in [2.24, 2.45) is 0 Å². The molecule has 0 aromatic heterocycles. The molecule has 2 aromatic carbocycles. The Labute approximate surface area is 152 Å². The fourth-order valence-electron chi connectivity index (χ4n) is 2.97. The number of carbonyl (C=O) groups is 1. The minimum Gasteiger partial charge on any atom is -0.346 e. The molecule has 25 heavy (non-hydrogen) atoms. The van der Waals surface area contributed by atoms with E-state index in [2.05, 4.69) is 5.32 Å². The van der Waals surface area contributed by atoms with Crippen LogP contribution in [0.1, 0.15) is 34.5 Å². The molecule has 3 rings (SSSR count). The molecule has 132 valence electrons. The number of hydrogen-bond acceptors (Lipinski definition) is 3. The molecule has 0 unspecified atom stereocenters. The summed E-state index contributed by atoms with van der Waals surface area (Å²) in [5.74, 6) is -0.192. The van der Waals surface area contributed by atoms with Crippen LogP contribution in [0.2, 0.25) is 5.02 Å². The number of sulfonamides is 1. The summed E-state index contributed by atoms with van der Waals surface area (Å²) in [5, 5.41) is 3.60. The Balaban J connectivity index is 1.77. The number of rotatable bonds is 4. The van der Waals surface area contributed by atoms with Crippen molar-refractivity contribution >= 4 is 33.2 Å². The van der Waals surface area contributed by atoms with E-state index < -0.39 is 10.0 Å². The zero-order chi connectivity index (χ0) is 18.2. The molecule has 2 aromatic rings. The van der Waals surface area contributed by atoms with Gasteiger partial charge in [-0.1, -0.05) is 23.7 Å². The molecule has 0 saturated carbocycles. The van der Waals surface area contributed by atoms with Crippen LogP contribution in [-0.4, -0.2) is 27.1 Å². The summed E-state index contributed by atoms with van der Waals surface area (Å²) in [6.45, 7) is 2.32. The van der Waals surface area contributed by atoms with E-state index in [4.69, 9.17) is 11.6 Å². The van der Waals surface area contributed by atoms with Crippen molar-refractivity contribution in [1.82, 2.24) is 5.32 Å². The highest BCUT2D eigenvalue weighted by molar-refractivity contribution is 7.92. The van der Waals surface area contributed by atoms with Crippen LogP contribution in [0.4, 0.5) is 5.69 Å². The van der Waals surface area contributed by atoms with E-state index in [0.717, 1.165) is 11.1 Å². The van der Waals surface area contributed by atoms with Gasteiger partial charge in [0.25, 0.3) is 5.91 Å². The summed E-state index contributed by atoms with van der Waals surface area (Å²) in [6, 6.07) is 12.3. The normalized spacial score (nSPS) is 14.9. The third-order valence-corrected chi connectivity index (χ3v) is 5.74. The minimum absolute atomic E-state index is 0.162. The zero-order valence-electron chi connectivity index (χ0n) is 14.0. The lowest BCUT2D eigenvalue weighted by atomic mass is 10.1. The van der Waals surface area contributed by atoms with Crippen molar-refractivity contribution in [1.29, 1.82) is 0 Å². The lowest BCUT2D eigenvalue weighted by Crippen LogP contribution is -2.28. The lowest BCUT2D eigenvalue weighted by Gasteiger charge is -2.17. The largest absolute Gasteiger partial charge is 0.346 e. The van der Waals surface area contributed by atoms with E-state index in [9.17, 15) is 13.2 Å². The van der Waals surface area contributed by atoms with Crippen LogP contribution in [0.25, 0.3) is 0 Å². The molecule has 0 aliphatic carbocycles. The van der Waals surface area contributed by atoms with Crippen molar-refractivity contribution in [2.45, 2.75) is 19.4 Å². The van der Waals surface area contributed by atoms with Gasteiger partial charge in [-0.3, -0.25) is 9.10 Å². The van der Waals surface area contributed by atoms with Crippen LogP contribution >= 0.6 is 11.6 Å². The Morgan fingerprint density at radius 2 is 1.88 bits per heavy atom. The van der Waals surface area contributed by atoms with Crippen LogP contribution in [-0.2, 0) is 16.4 Å². The fraction of sp³-hybridized carbons (Fsp3) is 0.278. The van der Waals surface area contributed by atoms with Crippen molar-refractivity contribution in [2.75, 3.05) is 17.1 Å². The highest BCUT2D eigenvalue weighted by atomic mass is 35.5. The molecule has 5 nitrogen and oxygen atoms in total. The summed E-state index contributed by atoms with van der Waals surface area (Å²) >= 11 is 5.88. The number of amides is 1. The van der Waals surface area contributed by atoms with Crippen molar-refractivity contribution in [3.05, 3.63) is 64.2 Å². The quantitative estimate of drug-likeness (QED) is 0.888. The number of benzene rings is 2. The van der Waals surface area contributed by atoms with Gasteiger partial charge >= 0.3 is 0 Å². The van der Waals surface area contributed by atoms with E-state index >= 15 is 0 Å². The van der Waals surface area contributed by atoms with E-state index in [0.29, 0.717) is 29.2 Å². The molecule has 0 spiro atoms. The average Bonchev–Trinajstić information content (AvgIpc) is 2.98. The molecule has 0 saturated heterocycles. The summed E-state index contributed by atoms with van der Waals surface area (Å²) in [7, 11) is -3.29. The van der Waals surface area contributed by atoms with Crippen molar-refractivity contribution in [3.63, 3.8) is 0 Å². The molecule has 1 N–H and O–H groups in total. The van der Waals surface area contributed by atoms with Crippen LogP contribution in [0.3, 0.4) is 0 Å². The predicted octanol–water partition coefficient (Wildman–Crippen LogP) is 3.15. The molecule has 1 amide bonds. The summed E-state index contributed by atoms with van der Waals surface area (Å²) in [4.78, 5) is 12.5. The maximum absolute atomic E-state index is 12.5. The summed E-state index contributed by atoms with van der Waals surface area (Å²) < 4.78 is 24.9. The number of halogens is 1. The molecular weight excluding hydrogens is 360 g/mol. The highest BCUT2D eigenvalue weighted by Crippen LogP contribution is 2.30. The number of anilines is 1. The van der Waals surface area contributed by atoms with Crippen LogP contribution < -0.4 is 9.62 Å². The first-order valence-corrected chi connectivity index (χ1v) is 10.2. The van der Waals surface area contributed by atoms with Crippen molar-refractivity contribution < 1.29 is 13.2 Å². The standard InChI is InChI=1S/C18H19ClN2O3S/c1-12(13-3-6-16(19)7-4-13)20-18(22)15-5-8-17-14(11-15)9-10-21(17)25(2,23)24/h3-8,11-12H,9-10H2,1-2H3,(H,20,22)/t12-/m1/s1. The second-order valence-electron chi connectivity index (χ2n) is 6.18. The van der Waals surface area contributed by atoms with Gasteiger partial charge in [-0.25, -0.2) is 8.42 Å². The summed E-state index contributed by atoms with van der Waals surface area (Å²) in [5.41, 5.74) is 3.01. The molecule has 0 bridgehead atoms. The zero-order valence-corrected chi connectivity index (χ0v) is 15.6. The molecule has 7 heteroatoms. The van der Waals surface area contributed by atoms with Gasteiger partial charge in [-0.2, -0.15) is 0 Å². The SMILES string of the molecule is C[C@@H](NC(=O)c1ccc2c(c1)CCN2S(C)(=O)=O)c1ccc(Cl)cc1. The molecule has 0 radical (unpaired) electrons. The molecule has 1 aliphatic heterocycles. The first-order chi connectivity index (χ1) is 11.8. The first kappa shape index (κ1) is 17.8. The molecule has 1 atom stereocenters. The van der Waals surface area contributed by atoms with E-state index in [1.165, 1.54) is 10.6 Å². The number of carbonyl (C=O) groups excluding carboxylic acids is 1. The van der Waals surface area contributed by atoms with Gasteiger partial charge in [0.15, 0.2) is 0 Å². The Kier molecular flexibility index (Phi) is 4.75. The van der Waals surface area contributed by atoms with Crippen molar-refractivity contribution in [3.8, 4) is 0 Å². The third-order valence-electron chi connectivity index (χ3n) is 4.31. The van der Waals surface area contributed by atoms with Crippen LogP contribution in [0.15, 0.2) is 42.5 Å².